The number of ether oxygens (including phenoxy) is 1. The molecule has 0 radical (unpaired) electrons. The Bertz CT molecular complexity index is 1050. The molecule has 2 amide bonds. The number of hydrogen-bond donors (Lipinski definition) is 2. The van der Waals surface area contributed by atoms with E-state index in [2.05, 4.69) is 15.5 Å². The van der Waals surface area contributed by atoms with Gasteiger partial charge in [-0.05, 0) is 25.5 Å². The fourth-order valence-corrected chi connectivity index (χ4v) is 3.72. The molecule has 1 saturated heterocycles. The fourth-order valence-electron chi connectivity index (χ4n) is 3.49. The minimum Gasteiger partial charge on any atom is -0.484 e. The molecule has 4 rings (SSSR count). The monoisotopic (exact) mass is 438 g/mol. The summed E-state index contributed by atoms with van der Waals surface area (Å²) in [4.78, 5) is 16.9. The summed E-state index contributed by atoms with van der Waals surface area (Å²) in [6.45, 7) is 2.69. The number of halogens is 3. The minimum absolute atomic E-state index is 0.0806. The molecule has 7 nitrogen and oxygen atoms in total. The maximum atomic E-state index is 12.8. The Balaban J connectivity index is 1.38. The molecular weight excluding hydrogens is 418 g/mol. The third-order valence-corrected chi connectivity index (χ3v) is 5.37. The lowest BCUT2D eigenvalue weighted by Gasteiger charge is -2.17. The number of nitrogens with zero attached hydrogens (tertiary/aromatic N) is 2. The van der Waals surface area contributed by atoms with Crippen molar-refractivity contribution in [2.24, 2.45) is 5.92 Å². The molecule has 1 aliphatic heterocycles. The highest BCUT2D eigenvalue weighted by atomic mass is 35.5. The van der Waals surface area contributed by atoms with E-state index in [0.717, 1.165) is 22.3 Å². The number of H-pyrrole nitrogens is 1. The second-order valence-electron chi connectivity index (χ2n) is 7.38. The molecule has 0 bridgehead atoms. The summed E-state index contributed by atoms with van der Waals surface area (Å²) in [7, 11) is 0. The van der Waals surface area contributed by atoms with Gasteiger partial charge in [0.05, 0.1) is 17.3 Å². The average molecular weight is 439 g/mol. The van der Waals surface area contributed by atoms with E-state index in [-0.39, 0.29) is 25.7 Å². The van der Waals surface area contributed by atoms with Crippen molar-refractivity contribution in [3.05, 3.63) is 46.4 Å². The molecular formula is C20H21ClF2N4O3. The SMILES string of the molecule is Cc1cc(COc2cc3[nH]c(CNC(=O)N4CCC(C(F)F)C4)cc3cc2Cl)on1. The molecule has 2 N–H and O–H groups in total. The first kappa shape index (κ1) is 20.5. The van der Waals surface area contributed by atoms with E-state index in [1.165, 1.54) is 4.90 Å². The van der Waals surface area contributed by atoms with Crippen LogP contribution in [0.1, 0.15) is 23.6 Å². The van der Waals surface area contributed by atoms with Crippen molar-refractivity contribution in [2.75, 3.05) is 13.1 Å². The molecule has 1 fully saturated rings. The lowest BCUT2D eigenvalue weighted by atomic mass is 10.1. The number of aromatic nitrogens is 2. The Labute approximate surface area is 176 Å². The van der Waals surface area contributed by atoms with Gasteiger partial charge in [0.15, 0.2) is 5.76 Å². The van der Waals surface area contributed by atoms with Gasteiger partial charge < -0.3 is 24.5 Å². The topological polar surface area (TPSA) is 83.4 Å². The fraction of sp³-hybridized carbons (Fsp3) is 0.400. The van der Waals surface area contributed by atoms with Gasteiger partial charge in [0.1, 0.15) is 12.4 Å². The first-order valence-corrected chi connectivity index (χ1v) is 9.94. The van der Waals surface area contributed by atoms with Crippen LogP contribution in [-0.4, -0.2) is 40.6 Å². The molecule has 0 spiro atoms. The van der Waals surface area contributed by atoms with Crippen LogP contribution in [0.25, 0.3) is 10.9 Å². The van der Waals surface area contributed by atoms with Crippen molar-refractivity contribution < 1.29 is 22.8 Å². The summed E-state index contributed by atoms with van der Waals surface area (Å²) in [6.07, 6.45) is -2.07. The summed E-state index contributed by atoms with van der Waals surface area (Å²) in [6, 6.07) is 6.86. The zero-order valence-corrected chi connectivity index (χ0v) is 17.0. The molecule has 3 aromatic rings. The highest BCUT2D eigenvalue weighted by Crippen LogP contribution is 2.31. The second kappa shape index (κ2) is 8.51. The number of nitrogens with one attached hydrogen (secondary N) is 2. The number of carbonyl (C=O) groups is 1. The molecule has 3 heterocycles. The Kier molecular flexibility index (Phi) is 5.80. The van der Waals surface area contributed by atoms with Crippen molar-refractivity contribution in [2.45, 2.75) is 32.9 Å². The van der Waals surface area contributed by atoms with Crippen molar-refractivity contribution in [3.8, 4) is 5.75 Å². The first-order valence-electron chi connectivity index (χ1n) is 9.56. The van der Waals surface area contributed by atoms with Crippen LogP contribution in [0.4, 0.5) is 13.6 Å². The molecule has 0 saturated carbocycles. The van der Waals surface area contributed by atoms with Crippen LogP contribution in [-0.2, 0) is 13.2 Å². The van der Waals surface area contributed by atoms with E-state index in [0.29, 0.717) is 29.5 Å². The number of urea groups is 1. The number of amides is 2. The lowest BCUT2D eigenvalue weighted by molar-refractivity contribution is 0.0825. The molecule has 0 aliphatic carbocycles. The summed E-state index contributed by atoms with van der Waals surface area (Å²) in [5.74, 6) is 0.338. The van der Waals surface area contributed by atoms with Gasteiger partial charge >= 0.3 is 6.03 Å². The second-order valence-corrected chi connectivity index (χ2v) is 7.78. The average Bonchev–Trinajstić information content (AvgIpc) is 3.43. The number of rotatable bonds is 6. The maximum absolute atomic E-state index is 12.8. The van der Waals surface area contributed by atoms with Gasteiger partial charge in [0.2, 0.25) is 6.43 Å². The van der Waals surface area contributed by atoms with Gasteiger partial charge in [-0.25, -0.2) is 13.6 Å². The molecule has 160 valence electrons. The largest absolute Gasteiger partial charge is 0.484 e. The van der Waals surface area contributed by atoms with Gasteiger partial charge in [-0.2, -0.15) is 0 Å². The quantitative estimate of drug-likeness (QED) is 0.593. The van der Waals surface area contributed by atoms with Crippen molar-refractivity contribution >= 4 is 28.5 Å². The molecule has 1 unspecified atom stereocenters. The molecule has 10 heteroatoms. The number of likely N-dealkylation sites (tertiary alicyclic amines) is 1. The molecule has 2 aromatic heterocycles. The van der Waals surface area contributed by atoms with Gasteiger partial charge in [0.25, 0.3) is 0 Å². The standard InChI is InChI=1S/C20H21ClF2N4O3/c1-11-4-15(30-26-11)10-29-18-7-17-13(6-16(18)21)5-14(25-17)8-24-20(28)27-3-2-12(9-27)19(22)23/h4-7,12,19,25H,2-3,8-10H2,1H3,(H,24,28). The van der Waals surface area contributed by atoms with Crippen molar-refractivity contribution in [1.29, 1.82) is 0 Å². The smallest absolute Gasteiger partial charge is 0.317 e. The molecule has 1 aromatic carbocycles. The zero-order valence-electron chi connectivity index (χ0n) is 16.3. The predicted octanol–water partition coefficient (Wildman–Crippen LogP) is 4.49. The van der Waals surface area contributed by atoms with Crippen LogP contribution in [0, 0.1) is 12.8 Å². The summed E-state index contributed by atoms with van der Waals surface area (Å²) < 4.78 is 36.4. The molecule has 1 aliphatic rings. The Morgan fingerprint density at radius 1 is 1.43 bits per heavy atom. The normalized spacial score (nSPS) is 16.6. The number of aromatic amines is 1. The van der Waals surface area contributed by atoms with Crippen molar-refractivity contribution in [1.82, 2.24) is 20.4 Å². The number of alkyl halides is 2. The Morgan fingerprint density at radius 2 is 2.27 bits per heavy atom. The van der Waals surface area contributed by atoms with Gasteiger partial charge in [-0.3, -0.25) is 0 Å². The Hall–Kier alpha value is -2.81. The van der Waals surface area contributed by atoms with Gasteiger partial charge in [-0.1, -0.05) is 16.8 Å². The summed E-state index contributed by atoms with van der Waals surface area (Å²) in [5.41, 5.74) is 2.33. The number of benzene rings is 1. The third kappa shape index (κ3) is 4.51. The molecule has 30 heavy (non-hydrogen) atoms. The van der Waals surface area contributed by atoms with Crippen LogP contribution in [0.15, 0.2) is 28.8 Å². The predicted molar refractivity (Wildman–Crippen MR) is 107 cm³/mol. The summed E-state index contributed by atoms with van der Waals surface area (Å²) >= 11 is 6.31. The lowest BCUT2D eigenvalue weighted by Crippen LogP contribution is -2.38. The van der Waals surface area contributed by atoms with Crippen LogP contribution in [0.5, 0.6) is 5.75 Å². The van der Waals surface area contributed by atoms with E-state index < -0.39 is 12.3 Å². The first-order chi connectivity index (χ1) is 14.4. The molecule has 1 atom stereocenters. The van der Waals surface area contributed by atoms with Gasteiger partial charge in [-0.15, -0.1) is 0 Å². The van der Waals surface area contributed by atoms with E-state index in [9.17, 15) is 13.6 Å². The number of carbonyl (C=O) groups excluding carboxylic acids is 1. The number of hydrogen-bond acceptors (Lipinski definition) is 4. The van der Waals surface area contributed by atoms with E-state index in [1.54, 1.807) is 18.2 Å². The number of aryl methyl sites for hydroxylation is 1. The highest BCUT2D eigenvalue weighted by Gasteiger charge is 2.31. The number of fused-ring (bicyclic) bond motifs is 1. The van der Waals surface area contributed by atoms with Crippen LogP contribution in [0.2, 0.25) is 5.02 Å². The maximum Gasteiger partial charge on any atom is 0.317 e. The zero-order chi connectivity index (χ0) is 21.3. The van der Waals surface area contributed by atoms with E-state index in [1.807, 2.05) is 13.0 Å². The Morgan fingerprint density at radius 3 is 2.97 bits per heavy atom. The van der Waals surface area contributed by atoms with Gasteiger partial charge in [0, 0.05) is 47.7 Å². The van der Waals surface area contributed by atoms with Crippen LogP contribution in [0.3, 0.4) is 0 Å². The third-order valence-electron chi connectivity index (χ3n) is 5.07. The summed E-state index contributed by atoms with van der Waals surface area (Å²) in [5, 5.41) is 7.89. The van der Waals surface area contributed by atoms with Crippen LogP contribution >= 0.6 is 11.6 Å². The highest BCUT2D eigenvalue weighted by molar-refractivity contribution is 6.32. The minimum atomic E-state index is -2.40. The van der Waals surface area contributed by atoms with E-state index >= 15 is 0 Å². The van der Waals surface area contributed by atoms with Crippen LogP contribution < -0.4 is 10.1 Å². The van der Waals surface area contributed by atoms with E-state index in [4.69, 9.17) is 20.9 Å². The van der Waals surface area contributed by atoms with Crippen molar-refractivity contribution in [3.63, 3.8) is 0 Å².